The van der Waals surface area contributed by atoms with Crippen molar-refractivity contribution in [1.29, 1.82) is 0 Å². The van der Waals surface area contributed by atoms with Crippen molar-refractivity contribution >= 4 is 5.91 Å². The number of carbonyl (C=O) groups is 1. The van der Waals surface area contributed by atoms with Crippen LogP contribution in [0.25, 0.3) is 0 Å². The van der Waals surface area contributed by atoms with Crippen LogP contribution in [-0.4, -0.2) is 63.1 Å². The van der Waals surface area contributed by atoms with Gasteiger partial charge >= 0.3 is 0 Å². The predicted molar refractivity (Wildman–Crippen MR) is 102 cm³/mol. The fraction of sp³-hybridized carbons (Fsp3) is 0.600. The van der Waals surface area contributed by atoms with Crippen molar-refractivity contribution in [3.63, 3.8) is 0 Å². The minimum absolute atomic E-state index is 0.0511. The van der Waals surface area contributed by atoms with E-state index in [9.17, 15) is 9.18 Å². The minimum atomic E-state index is -0.384. The second-order valence-corrected chi connectivity index (χ2v) is 8.18. The van der Waals surface area contributed by atoms with Gasteiger partial charge in [0.15, 0.2) is 5.82 Å². The van der Waals surface area contributed by atoms with Gasteiger partial charge in [-0.3, -0.25) is 9.69 Å². The van der Waals surface area contributed by atoms with E-state index in [0.717, 1.165) is 30.7 Å². The average molecular weight is 386 g/mol. The van der Waals surface area contributed by atoms with Gasteiger partial charge in [-0.25, -0.2) is 9.07 Å². The Morgan fingerprint density at radius 2 is 1.96 bits per heavy atom. The van der Waals surface area contributed by atoms with Crippen molar-refractivity contribution in [2.24, 2.45) is 0 Å². The second kappa shape index (κ2) is 7.58. The molecule has 0 spiro atoms. The molecular formula is C20H27FN6O. The molecule has 2 heterocycles. The SMILES string of the molecule is CN(C)C1(c2nnnn2C2CCCC2)CCN(C(=O)Cc2ccc(F)cc2)C1. The first kappa shape index (κ1) is 19.0. The van der Waals surface area contributed by atoms with Gasteiger partial charge < -0.3 is 4.90 Å². The lowest BCUT2D eigenvalue weighted by Crippen LogP contribution is -2.47. The average Bonchev–Trinajstić information content (AvgIpc) is 3.42. The van der Waals surface area contributed by atoms with Crippen molar-refractivity contribution in [3.05, 3.63) is 41.5 Å². The van der Waals surface area contributed by atoms with E-state index < -0.39 is 0 Å². The molecule has 1 unspecified atom stereocenters. The van der Waals surface area contributed by atoms with E-state index in [1.807, 2.05) is 23.7 Å². The van der Waals surface area contributed by atoms with Gasteiger partial charge in [0.1, 0.15) is 11.4 Å². The van der Waals surface area contributed by atoms with Gasteiger partial charge in [-0.05, 0) is 61.5 Å². The molecule has 1 aromatic heterocycles. The van der Waals surface area contributed by atoms with Gasteiger partial charge in [0, 0.05) is 13.1 Å². The van der Waals surface area contributed by atoms with E-state index in [4.69, 9.17) is 0 Å². The Bertz CT molecular complexity index is 829. The molecule has 1 amide bonds. The summed E-state index contributed by atoms with van der Waals surface area (Å²) in [4.78, 5) is 16.9. The fourth-order valence-corrected chi connectivity index (χ4v) is 4.54. The van der Waals surface area contributed by atoms with Crippen molar-refractivity contribution in [2.75, 3.05) is 27.2 Å². The lowest BCUT2D eigenvalue weighted by Gasteiger charge is -2.35. The number of benzene rings is 1. The number of tetrazole rings is 1. The molecular weight excluding hydrogens is 359 g/mol. The third-order valence-corrected chi connectivity index (χ3v) is 6.30. The lowest BCUT2D eigenvalue weighted by atomic mass is 9.95. The van der Waals surface area contributed by atoms with Crippen LogP contribution < -0.4 is 0 Å². The van der Waals surface area contributed by atoms with Crippen molar-refractivity contribution in [1.82, 2.24) is 30.0 Å². The third-order valence-electron chi connectivity index (χ3n) is 6.30. The van der Waals surface area contributed by atoms with Crippen LogP contribution in [0.3, 0.4) is 0 Å². The highest BCUT2D eigenvalue weighted by atomic mass is 19.1. The Balaban J connectivity index is 1.54. The fourth-order valence-electron chi connectivity index (χ4n) is 4.54. The molecule has 1 atom stereocenters. The molecule has 1 aliphatic carbocycles. The molecule has 7 nitrogen and oxygen atoms in total. The maximum Gasteiger partial charge on any atom is 0.227 e. The number of halogens is 1. The van der Waals surface area contributed by atoms with Crippen LogP contribution in [-0.2, 0) is 16.8 Å². The molecule has 0 radical (unpaired) electrons. The zero-order valence-electron chi connectivity index (χ0n) is 16.5. The summed E-state index contributed by atoms with van der Waals surface area (Å²) in [6, 6.07) is 6.48. The molecule has 1 aliphatic heterocycles. The number of hydrogen-bond donors (Lipinski definition) is 0. The maximum absolute atomic E-state index is 13.1. The number of likely N-dealkylation sites (tertiary alicyclic amines) is 1. The molecule has 2 aromatic rings. The predicted octanol–water partition coefficient (Wildman–Crippen LogP) is 2.16. The summed E-state index contributed by atoms with van der Waals surface area (Å²) in [5.41, 5.74) is 0.439. The summed E-state index contributed by atoms with van der Waals surface area (Å²) >= 11 is 0. The number of carbonyl (C=O) groups excluding carboxylic acids is 1. The summed E-state index contributed by atoms with van der Waals surface area (Å²) in [5.74, 6) is 0.624. The zero-order valence-corrected chi connectivity index (χ0v) is 16.5. The first-order chi connectivity index (χ1) is 13.5. The van der Waals surface area contributed by atoms with E-state index >= 15 is 0 Å². The summed E-state index contributed by atoms with van der Waals surface area (Å²) in [6.07, 6.45) is 5.70. The molecule has 1 saturated heterocycles. The van der Waals surface area contributed by atoms with E-state index in [2.05, 4.69) is 20.4 Å². The standard InChI is InChI=1S/C20H27FN6O/c1-25(2)20(19-22-23-24-27(19)17-5-3-4-6-17)11-12-26(14-20)18(28)13-15-7-9-16(21)10-8-15/h7-10,17H,3-6,11-14H2,1-2H3. The van der Waals surface area contributed by atoms with Gasteiger partial charge in [-0.2, -0.15) is 0 Å². The van der Waals surface area contributed by atoms with Gasteiger partial charge in [0.25, 0.3) is 0 Å². The summed E-state index contributed by atoms with van der Waals surface area (Å²) in [6.45, 7) is 1.23. The number of rotatable bonds is 5. The van der Waals surface area contributed by atoms with Gasteiger partial charge in [0.05, 0.1) is 12.5 Å². The number of nitrogens with zero attached hydrogens (tertiary/aromatic N) is 6. The Labute approximate surface area is 164 Å². The topological polar surface area (TPSA) is 67.2 Å². The van der Waals surface area contributed by atoms with E-state index in [1.54, 1.807) is 12.1 Å². The maximum atomic E-state index is 13.1. The van der Waals surface area contributed by atoms with Gasteiger partial charge in [-0.1, -0.05) is 25.0 Å². The highest BCUT2D eigenvalue weighted by Gasteiger charge is 2.47. The van der Waals surface area contributed by atoms with Crippen LogP contribution in [0.2, 0.25) is 0 Å². The minimum Gasteiger partial charge on any atom is -0.340 e. The van der Waals surface area contributed by atoms with Crippen LogP contribution in [0.15, 0.2) is 24.3 Å². The highest BCUT2D eigenvalue weighted by Crippen LogP contribution is 2.38. The molecule has 28 heavy (non-hydrogen) atoms. The van der Waals surface area contributed by atoms with E-state index in [0.29, 0.717) is 19.1 Å². The summed E-state index contributed by atoms with van der Waals surface area (Å²) in [5, 5.41) is 12.7. The van der Waals surface area contributed by atoms with Crippen LogP contribution in [0.4, 0.5) is 4.39 Å². The molecule has 2 fully saturated rings. The van der Waals surface area contributed by atoms with Crippen LogP contribution >= 0.6 is 0 Å². The van der Waals surface area contributed by atoms with Crippen LogP contribution in [0.5, 0.6) is 0 Å². The van der Waals surface area contributed by atoms with Crippen molar-refractivity contribution in [2.45, 2.75) is 50.1 Å². The molecule has 0 N–H and O–H groups in total. The molecule has 4 rings (SSSR count). The Morgan fingerprint density at radius 1 is 1.25 bits per heavy atom. The number of hydrogen-bond acceptors (Lipinski definition) is 5. The molecule has 2 aliphatic rings. The molecule has 0 bridgehead atoms. The van der Waals surface area contributed by atoms with Crippen molar-refractivity contribution < 1.29 is 9.18 Å². The Hall–Kier alpha value is -2.35. The van der Waals surface area contributed by atoms with Crippen LogP contribution in [0, 0.1) is 5.82 Å². The van der Waals surface area contributed by atoms with E-state index in [1.165, 1.54) is 25.0 Å². The van der Waals surface area contributed by atoms with Crippen molar-refractivity contribution in [3.8, 4) is 0 Å². The summed E-state index contributed by atoms with van der Waals surface area (Å²) in [7, 11) is 4.06. The van der Waals surface area contributed by atoms with Crippen LogP contribution in [0.1, 0.15) is 49.5 Å². The highest BCUT2D eigenvalue weighted by molar-refractivity contribution is 5.79. The van der Waals surface area contributed by atoms with Gasteiger partial charge in [-0.15, -0.1) is 5.10 Å². The largest absolute Gasteiger partial charge is 0.340 e. The normalized spacial score (nSPS) is 23.1. The first-order valence-corrected chi connectivity index (χ1v) is 9.97. The zero-order chi connectivity index (χ0) is 19.7. The lowest BCUT2D eigenvalue weighted by molar-refractivity contribution is -0.130. The number of amides is 1. The smallest absolute Gasteiger partial charge is 0.227 e. The molecule has 1 aromatic carbocycles. The molecule has 150 valence electrons. The van der Waals surface area contributed by atoms with E-state index in [-0.39, 0.29) is 23.7 Å². The molecule has 1 saturated carbocycles. The first-order valence-electron chi connectivity index (χ1n) is 9.97. The second-order valence-electron chi connectivity index (χ2n) is 8.18. The third kappa shape index (κ3) is 3.41. The summed E-state index contributed by atoms with van der Waals surface area (Å²) < 4.78 is 15.1. The number of likely N-dealkylation sites (N-methyl/N-ethyl adjacent to an activating group) is 1. The monoisotopic (exact) mass is 386 g/mol. The Morgan fingerprint density at radius 3 is 2.64 bits per heavy atom. The number of aromatic nitrogens is 4. The molecule has 8 heteroatoms. The van der Waals surface area contributed by atoms with Gasteiger partial charge in [0.2, 0.25) is 5.91 Å². The Kier molecular flexibility index (Phi) is 5.14. The quantitative estimate of drug-likeness (QED) is 0.788.